The Morgan fingerprint density at radius 1 is 0.974 bits per heavy atom. The molecule has 0 atom stereocenters. The van der Waals surface area contributed by atoms with Gasteiger partial charge in [-0.15, -0.1) is 10.2 Å². The van der Waals surface area contributed by atoms with Crippen molar-refractivity contribution in [1.29, 1.82) is 0 Å². The van der Waals surface area contributed by atoms with Gasteiger partial charge in [0.15, 0.2) is 15.8 Å². The second-order valence-electron chi connectivity index (χ2n) is 8.52. The van der Waals surface area contributed by atoms with E-state index in [0.29, 0.717) is 26.6 Å². The summed E-state index contributed by atoms with van der Waals surface area (Å²) in [6.07, 6.45) is 0. The molecule has 0 saturated heterocycles. The molecule has 0 fully saturated rings. The smallest absolute Gasteiger partial charge is 0.242 e. The highest BCUT2D eigenvalue weighted by Crippen LogP contribution is 2.45. The topological polar surface area (TPSA) is 122 Å². The van der Waals surface area contributed by atoms with E-state index in [1.165, 1.54) is 40.6 Å². The number of halogens is 1. The van der Waals surface area contributed by atoms with Gasteiger partial charge in [-0.2, -0.15) is 0 Å². The van der Waals surface area contributed by atoms with Crippen molar-refractivity contribution in [3.8, 4) is 33.8 Å². The lowest BCUT2D eigenvalue weighted by Gasteiger charge is -2.09. The van der Waals surface area contributed by atoms with Crippen molar-refractivity contribution in [2.45, 2.75) is 10.1 Å². The highest BCUT2D eigenvalue weighted by Gasteiger charge is 2.32. The predicted molar refractivity (Wildman–Crippen MR) is 145 cm³/mol. The number of phenols is 1. The molecule has 0 bridgehead atoms. The number of para-hydroxylation sites is 1. The van der Waals surface area contributed by atoms with Gasteiger partial charge in [0.25, 0.3) is 0 Å². The molecule has 6 aromatic rings. The van der Waals surface area contributed by atoms with Gasteiger partial charge >= 0.3 is 0 Å². The van der Waals surface area contributed by atoms with Gasteiger partial charge in [0.05, 0.1) is 11.3 Å². The van der Waals surface area contributed by atoms with Crippen LogP contribution in [0.3, 0.4) is 0 Å². The van der Waals surface area contributed by atoms with E-state index in [0.717, 1.165) is 16.9 Å². The molecule has 3 heterocycles. The van der Waals surface area contributed by atoms with Gasteiger partial charge in [0.2, 0.25) is 16.8 Å². The van der Waals surface area contributed by atoms with Crippen molar-refractivity contribution in [2.24, 2.45) is 0 Å². The lowest BCUT2D eigenvalue weighted by atomic mass is 10.0. The molecule has 6 rings (SSSR count). The Kier molecular flexibility index (Phi) is 6.29. The first-order valence-electron chi connectivity index (χ1n) is 11.6. The van der Waals surface area contributed by atoms with Gasteiger partial charge in [0.1, 0.15) is 17.1 Å². The minimum absolute atomic E-state index is 0.0298. The maximum absolute atomic E-state index is 13.7. The van der Waals surface area contributed by atoms with Crippen LogP contribution in [-0.4, -0.2) is 35.9 Å². The Balaban J connectivity index is 1.44. The number of thioether (sulfide) groups is 1. The fourth-order valence-corrected chi connectivity index (χ4v) is 5.98. The standard InChI is InChI=1S/C28H18FN3O5S2/c29-18-10-8-15(9-11-18)14-38-28-31-30-27(39-28)32-23(17-5-3-6-19(33)12-17)22(25(35)26(32)36)24(34)21-13-16-4-1-2-7-20(16)37-21/h1-13,33,35-36H,14H2. The summed E-state index contributed by atoms with van der Waals surface area (Å²) >= 11 is 2.49. The van der Waals surface area contributed by atoms with Crippen molar-refractivity contribution in [2.75, 3.05) is 0 Å². The first kappa shape index (κ1) is 24.7. The lowest BCUT2D eigenvalue weighted by molar-refractivity contribution is 0.101. The lowest BCUT2D eigenvalue weighted by Crippen LogP contribution is -2.04. The van der Waals surface area contributed by atoms with Crippen LogP contribution < -0.4 is 0 Å². The summed E-state index contributed by atoms with van der Waals surface area (Å²) in [5.41, 5.74) is 1.62. The number of fused-ring (bicyclic) bond motifs is 1. The van der Waals surface area contributed by atoms with Crippen LogP contribution in [0.1, 0.15) is 21.7 Å². The number of phenolic OH excluding ortho intramolecular Hbond substituents is 1. The molecule has 3 aromatic heterocycles. The van der Waals surface area contributed by atoms with Gasteiger partial charge in [-0.3, -0.25) is 9.36 Å². The third-order valence-electron chi connectivity index (χ3n) is 5.98. The summed E-state index contributed by atoms with van der Waals surface area (Å²) in [7, 11) is 0. The predicted octanol–water partition coefficient (Wildman–Crippen LogP) is 6.52. The molecule has 0 unspecified atom stereocenters. The summed E-state index contributed by atoms with van der Waals surface area (Å²) in [5, 5.41) is 41.4. The van der Waals surface area contributed by atoms with E-state index in [-0.39, 0.29) is 33.7 Å². The number of aromatic hydroxyl groups is 3. The zero-order valence-electron chi connectivity index (χ0n) is 19.9. The summed E-state index contributed by atoms with van der Waals surface area (Å²) in [6.45, 7) is 0. The zero-order valence-corrected chi connectivity index (χ0v) is 21.5. The van der Waals surface area contributed by atoms with Crippen LogP contribution in [0.2, 0.25) is 0 Å². The third-order valence-corrected chi connectivity index (χ3v) is 8.09. The Hall–Kier alpha value is -4.61. The van der Waals surface area contributed by atoms with E-state index >= 15 is 0 Å². The normalized spacial score (nSPS) is 11.3. The molecule has 39 heavy (non-hydrogen) atoms. The summed E-state index contributed by atoms with van der Waals surface area (Å²) < 4.78 is 20.7. The molecule has 0 aliphatic heterocycles. The van der Waals surface area contributed by atoms with Crippen LogP contribution >= 0.6 is 23.1 Å². The Morgan fingerprint density at radius 3 is 2.54 bits per heavy atom. The molecule has 3 N–H and O–H groups in total. The highest BCUT2D eigenvalue weighted by molar-refractivity contribution is 8.00. The van der Waals surface area contributed by atoms with Gasteiger partial charge < -0.3 is 19.7 Å². The largest absolute Gasteiger partial charge is 0.508 e. The van der Waals surface area contributed by atoms with Crippen molar-refractivity contribution in [1.82, 2.24) is 14.8 Å². The van der Waals surface area contributed by atoms with E-state index in [1.54, 1.807) is 48.5 Å². The first-order chi connectivity index (χ1) is 18.9. The van der Waals surface area contributed by atoms with Crippen LogP contribution in [0.5, 0.6) is 17.4 Å². The number of nitrogens with zero attached hydrogens (tertiary/aromatic N) is 3. The fourth-order valence-electron chi connectivity index (χ4n) is 4.17. The molecule has 8 nitrogen and oxygen atoms in total. The van der Waals surface area contributed by atoms with Crippen LogP contribution in [-0.2, 0) is 5.75 Å². The number of ketones is 1. The molecule has 3 aromatic carbocycles. The zero-order chi connectivity index (χ0) is 27.1. The van der Waals surface area contributed by atoms with Crippen LogP contribution in [0.15, 0.2) is 87.6 Å². The second kappa shape index (κ2) is 9.93. The number of hydrogen-bond acceptors (Lipinski definition) is 9. The maximum Gasteiger partial charge on any atom is 0.242 e. The van der Waals surface area contributed by atoms with Crippen molar-refractivity contribution < 1.29 is 28.9 Å². The van der Waals surface area contributed by atoms with E-state index in [4.69, 9.17) is 4.42 Å². The average Bonchev–Trinajstić information content (AvgIpc) is 3.64. The van der Waals surface area contributed by atoms with Crippen LogP contribution in [0.25, 0.3) is 27.4 Å². The van der Waals surface area contributed by atoms with Gasteiger partial charge in [0, 0.05) is 16.7 Å². The molecule has 0 spiro atoms. The Labute approximate surface area is 228 Å². The van der Waals surface area contributed by atoms with Crippen molar-refractivity contribution in [3.63, 3.8) is 0 Å². The fraction of sp³-hybridized carbons (Fsp3) is 0.0357. The number of benzene rings is 3. The second-order valence-corrected chi connectivity index (χ2v) is 10.7. The summed E-state index contributed by atoms with van der Waals surface area (Å²) in [4.78, 5) is 13.7. The van der Waals surface area contributed by atoms with Gasteiger partial charge in [-0.25, -0.2) is 4.39 Å². The average molecular weight is 560 g/mol. The summed E-state index contributed by atoms with van der Waals surface area (Å²) in [6, 6.07) is 20.9. The Morgan fingerprint density at radius 2 is 1.77 bits per heavy atom. The number of aromatic nitrogens is 3. The number of rotatable bonds is 7. The molecule has 11 heteroatoms. The molecular weight excluding hydrogens is 541 g/mol. The SMILES string of the molecule is O=C(c1cc2ccccc2o1)c1c(O)c(O)n(-c2nnc(SCc3ccc(F)cc3)s2)c1-c1cccc(O)c1. The van der Waals surface area contributed by atoms with Gasteiger partial charge in [-0.1, -0.05) is 65.6 Å². The minimum atomic E-state index is -0.661. The third kappa shape index (κ3) is 4.62. The van der Waals surface area contributed by atoms with Crippen molar-refractivity contribution in [3.05, 3.63) is 102 Å². The van der Waals surface area contributed by atoms with E-state index in [2.05, 4.69) is 10.2 Å². The number of carbonyl (C=O) groups is 1. The molecule has 0 saturated carbocycles. The molecule has 0 amide bonds. The molecule has 0 aliphatic rings. The highest BCUT2D eigenvalue weighted by atomic mass is 32.2. The van der Waals surface area contributed by atoms with Gasteiger partial charge in [-0.05, 0) is 42.0 Å². The quantitative estimate of drug-likeness (QED) is 0.149. The maximum atomic E-state index is 13.7. The Bertz CT molecular complexity index is 1810. The van der Waals surface area contributed by atoms with E-state index < -0.39 is 17.4 Å². The van der Waals surface area contributed by atoms with E-state index in [9.17, 15) is 24.5 Å². The molecule has 0 aliphatic carbocycles. The van der Waals surface area contributed by atoms with E-state index in [1.807, 2.05) is 6.07 Å². The number of furan rings is 1. The molecular formula is C28H18FN3O5S2. The number of hydrogen-bond donors (Lipinski definition) is 3. The summed E-state index contributed by atoms with van der Waals surface area (Å²) in [5.74, 6) is -1.85. The van der Waals surface area contributed by atoms with Crippen LogP contribution in [0.4, 0.5) is 4.39 Å². The number of carbonyl (C=O) groups excluding carboxylic acids is 1. The minimum Gasteiger partial charge on any atom is -0.508 e. The molecule has 194 valence electrons. The first-order valence-corrected chi connectivity index (χ1v) is 13.4. The molecule has 0 radical (unpaired) electrons. The van der Waals surface area contributed by atoms with Crippen molar-refractivity contribution >= 4 is 39.9 Å². The van der Waals surface area contributed by atoms with Crippen LogP contribution in [0, 0.1) is 5.82 Å². The monoisotopic (exact) mass is 559 g/mol.